The normalized spacial score (nSPS) is 9.66. The molecule has 0 fully saturated rings. The largest absolute Gasteiger partial charge is 0.463 e. The van der Waals surface area contributed by atoms with Gasteiger partial charge in [-0.2, -0.15) is 0 Å². The van der Waals surface area contributed by atoms with Crippen molar-refractivity contribution in [2.45, 2.75) is 25.7 Å². The van der Waals surface area contributed by atoms with E-state index in [9.17, 15) is 28.8 Å². The highest BCUT2D eigenvalue weighted by Crippen LogP contribution is 2.21. The first-order valence-electron chi connectivity index (χ1n) is 12.3. The second-order valence-electron chi connectivity index (χ2n) is 7.90. The van der Waals surface area contributed by atoms with Crippen molar-refractivity contribution in [2.75, 3.05) is 39.6 Å². The molecule has 0 atom stereocenters. The van der Waals surface area contributed by atoms with Crippen LogP contribution in [0.25, 0.3) is 0 Å². The van der Waals surface area contributed by atoms with Crippen LogP contribution in [0.15, 0.2) is 75.9 Å². The van der Waals surface area contributed by atoms with Gasteiger partial charge in [-0.05, 0) is 25.7 Å². The number of carbonyl (C=O) groups excluding carboxylic acids is 6. The van der Waals surface area contributed by atoms with Crippen LogP contribution in [0.2, 0.25) is 0 Å². The van der Waals surface area contributed by atoms with Gasteiger partial charge in [-0.15, -0.1) is 0 Å². The predicted molar refractivity (Wildman–Crippen MR) is 148 cm³/mol. The van der Waals surface area contributed by atoms with E-state index in [-0.39, 0.29) is 38.4 Å². The molecule has 0 N–H and O–H groups in total. The maximum atomic E-state index is 11.3. The van der Waals surface area contributed by atoms with Gasteiger partial charge in [0.15, 0.2) is 0 Å². The zero-order valence-electron chi connectivity index (χ0n) is 23.2. The molecule has 0 aliphatic carbocycles. The van der Waals surface area contributed by atoms with Crippen LogP contribution in [0, 0.1) is 5.41 Å². The molecule has 0 rings (SSSR count). The number of rotatable bonds is 21. The summed E-state index contributed by atoms with van der Waals surface area (Å²) < 4.78 is 29.4. The predicted octanol–water partition coefficient (Wildman–Crippen LogP) is 2.89. The Bertz CT molecular complexity index is 820. The van der Waals surface area contributed by atoms with Gasteiger partial charge in [-0.25, -0.2) is 28.8 Å². The third-order valence-corrected chi connectivity index (χ3v) is 4.61. The van der Waals surface area contributed by atoms with E-state index < -0.39 is 29.3 Å². The lowest BCUT2D eigenvalue weighted by molar-refractivity contribution is -0.164. The summed E-state index contributed by atoms with van der Waals surface area (Å²) in [6.07, 6.45) is 9.50. The van der Waals surface area contributed by atoms with Crippen LogP contribution in [0.4, 0.5) is 0 Å². The van der Waals surface area contributed by atoms with Gasteiger partial charge >= 0.3 is 35.8 Å². The number of ether oxygens (including phenoxy) is 6. The molecule has 0 spiro atoms. The third kappa shape index (κ3) is 21.8. The second kappa shape index (κ2) is 24.3. The van der Waals surface area contributed by atoms with Crippen molar-refractivity contribution in [3.05, 3.63) is 75.9 Å². The molecule has 0 aromatic heterocycles. The monoisotopic (exact) mass is 578 g/mol. The molecule has 0 aromatic carbocycles. The van der Waals surface area contributed by atoms with Gasteiger partial charge in [-0.3, -0.25) is 0 Å². The lowest BCUT2D eigenvalue weighted by Gasteiger charge is -2.31. The van der Waals surface area contributed by atoms with E-state index >= 15 is 0 Å². The first kappa shape index (κ1) is 38.4. The van der Waals surface area contributed by atoms with Gasteiger partial charge in [0.05, 0.1) is 13.2 Å². The van der Waals surface area contributed by atoms with Crippen molar-refractivity contribution < 1.29 is 57.2 Å². The van der Waals surface area contributed by atoms with E-state index in [1.54, 1.807) is 0 Å². The Morgan fingerprint density at radius 2 is 0.610 bits per heavy atom. The van der Waals surface area contributed by atoms with Crippen LogP contribution < -0.4 is 0 Å². The average Bonchev–Trinajstić information content (AvgIpc) is 3.00. The quantitative estimate of drug-likeness (QED) is 0.0850. The number of hydrogen-bond acceptors (Lipinski definition) is 12. The minimum absolute atomic E-state index is 0.378. The maximum absolute atomic E-state index is 11.3. The molecule has 0 bridgehead atoms. The molecule has 0 saturated carbocycles. The summed E-state index contributed by atoms with van der Waals surface area (Å²) in [6, 6.07) is 0. The summed E-state index contributed by atoms with van der Waals surface area (Å²) in [4.78, 5) is 66.6. The Hall–Kier alpha value is -4.74. The minimum Gasteiger partial charge on any atom is -0.463 e. The van der Waals surface area contributed by atoms with E-state index in [0.29, 0.717) is 13.2 Å². The van der Waals surface area contributed by atoms with Crippen LogP contribution in [-0.4, -0.2) is 75.5 Å². The Morgan fingerprint density at radius 3 is 0.829 bits per heavy atom. The molecule has 41 heavy (non-hydrogen) atoms. The van der Waals surface area contributed by atoms with Crippen molar-refractivity contribution in [1.82, 2.24) is 0 Å². The highest BCUT2D eigenvalue weighted by molar-refractivity contribution is 5.83. The van der Waals surface area contributed by atoms with E-state index in [1.165, 1.54) is 0 Å². The number of unbranched alkanes of at least 4 members (excludes halogenated alkanes) is 3. The molecular formula is C29H38O12. The Morgan fingerprint density at radius 1 is 0.390 bits per heavy atom. The molecule has 0 aliphatic heterocycles. The van der Waals surface area contributed by atoms with Crippen molar-refractivity contribution in [2.24, 2.45) is 5.41 Å². The summed E-state index contributed by atoms with van der Waals surface area (Å²) in [6.45, 7) is 18.9. The minimum atomic E-state index is -1.34. The smallest absolute Gasteiger partial charge is 0.330 e. The molecule has 226 valence electrons. The molecule has 0 heterocycles. The van der Waals surface area contributed by atoms with Crippen LogP contribution in [0.5, 0.6) is 0 Å². The van der Waals surface area contributed by atoms with Gasteiger partial charge in [-0.1, -0.05) is 39.5 Å². The van der Waals surface area contributed by atoms with E-state index in [1.807, 2.05) is 0 Å². The number of carbonyl (C=O) groups is 6. The first-order chi connectivity index (χ1) is 19.5. The highest BCUT2D eigenvalue weighted by Gasteiger charge is 2.37. The molecule has 12 heteroatoms. The topological polar surface area (TPSA) is 158 Å². The Balaban J connectivity index is 0. The highest BCUT2D eigenvalue weighted by atomic mass is 16.6. The Labute approximate surface area is 239 Å². The van der Waals surface area contributed by atoms with Crippen LogP contribution >= 0.6 is 0 Å². The molecular weight excluding hydrogens is 540 g/mol. The lowest BCUT2D eigenvalue weighted by Crippen LogP contribution is -2.43. The van der Waals surface area contributed by atoms with E-state index in [2.05, 4.69) is 39.5 Å². The number of esters is 6. The summed E-state index contributed by atoms with van der Waals surface area (Å²) in [5, 5.41) is 0. The maximum Gasteiger partial charge on any atom is 0.330 e. The van der Waals surface area contributed by atoms with Crippen LogP contribution in [-0.2, 0) is 57.2 Å². The standard InChI is InChI=1S/C17H20O8.C12H18O4/c1-5-13(18)22-9-17(10-23-14(19)6-2,11-24-15(20)7-3)12-25-16(21)8-4;1-3-11(13)15-9-7-5-6-8-10-16-12(14)4-2/h5-8H,1-4,9-12H2;3-4H,1-2,5-10H2. The van der Waals surface area contributed by atoms with Crippen molar-refractivity contribution >= 4 is 35.8 Å². The molecule has 0 unspecified atom stereocenters. The lowest BCUT2D eigenvalue weighted by atomic mass is 9.92. The van der Waals surface area contributed by atoms with Gasteiger partial charge in [0.1, 0.15) is 31.8 Å². The zero-order valence-corrected chi connectivity index (χ0v) is 23.2. The molecule has 0 amide bonds. The Kier molecular flexibility index (Phi) is 22.8. The van der Waals surface area contributed by atoms with E-state index in [0.717, 1.165) is 62.1 Å². The fourth-order valence-corrected chi connectivity index (χ4v) is 2.40. The van der Waals surface area contributed by atoms with Crippen molar-refractivity contribution in [3.8, 4) is 0 Å². The van der Waals surface area contributed by atoms with Crippen molar-refractivity contribution in [3.63, 3.8) is 0 Å². The summed E-state index contributed by atoms with van der Waals surface area (Å²) in [5.41, 5.74) is -1.34. The first-order valence-corrected chi connectivity index (χ1v) is 12.3. The fourth-order valence-electron chi connectivity index (χ4n) is 2.40. The van der Waals surface area contributed by atoms with Gasteiger partial charge in [0, 0.05) is 36.5 Å². The fraction of sp³-hybridized carbons (Fsp3) is 0.379. The van der Waals surface area contributed by atoms with Crippen LogP contribution in [0.1, 0.15) is 25.7 Å². The molecule has 12 nitrogen and oxygen atoms in total. The second-order valence-corrected chi connectivity index (χ2v) is 7.90. The summed E-state index contributed by atoms with van der Waals surface area (Å²) in [7, 11) is 0. The molecule has 0 saturated heterocycles. The average molecular weight is 579 g/mol. The molecule has 0 radical (unpaired) electrons. The van der Waals surface area contributed by atoms with E-state index in [4.69, 9.17) is 28.4 Å². The summed E-state index contributed by atoms with van der Waals surface area (Å²) in [5.74, 6) is -3.82. The number of hydrogen-bond donors (Lipinski definition) is 0. The van der Waals surface area contributed by atoms with Gasteiger partial charge in [0.25, 0.3) is 0 Å². The third-order valence-electron chi connectivity index (χ3n) is 4.61. The SMILES string of the molecule is C=CC(=O)OCC(COC(=O)C=C)(COC(=O)C=C)COC(=O)C=C.C=CC(=O)OCCCCCCOC(=O)C=C. The molecule has 0 aromatic rings. The summed E-state index contributed by atoms with van der Waals surface area (Å²) >= 11 is 0. The van der Waals surface area contributed by atoms with Crippen molar-refractivity contribution in [1.29, 1.82) is 0 Å². The van der Waals surface area contributed by atoms with Crippen LogP contribution in [0.3, 0.4) is 0 Å². The molecule has 0 aliphatic rings. The van der Waals surface area contributed by atoms with Gasteiger partial charge in [0.2, 0.25) is 0 Å². The van der Waals surface area contributed by atoms with Gasteiger partial charge < -0.3 is 28.4 Å². The zero-order chi connectivity index (χ0) is 31.5.